The van der Waals surface area contributed by atoms with Gasteiger partial charge in [-0.05, 0) is 79.9 Å². The van der Waals surface area contributed by atoms with Crippen molar-refractivity contribution in [2.75, 3.05) is 38.2 Å². The zero-order valence-electron chi connectivity index (χ0n) is 20.4. The van der Waals surface area contributed by atoms with Gasteiger partial charge in [-0.15, -0.1) is 0 Å². The number of ether oxygens (including phenoxy) is 2. The third-order valence-corrected chi connectivity index (χ3v) is 6.73. The van der Waals surface area contributed by atoms with E-state index in [1.807, 2.05) is 18.2 Å². The van der Waals surface area contributed by atoms with E-state index < -0.39 is 0 Å². The molecule has 0 spiro atoms. The number of carbonyl (C=O) groups excluding carboxylic acids is 1. The molecule has 0 aromatic heterocycles. The average Bonchev–Trinajstić information content (AvgIpc) is 3.31. The van der Waals surface area contributed by atoms with E-state index in [1.54, 1.807) is 0 Å². The molecule has 2 aliphatic rings. The van der Waals surface area contributed by atoms with E-state index >= 15 is 0 Å². The van der Waals surface area contributed by atoms with Gasteiger partial charge in [0, 0.05) is 18.2 Å². The summed E-state index contributed by atoms with van der Waals surface area (Å²) in [6, 6.07) is 14.5. The van der Waals surface area contributed by atoms with Gasteiger partial charge in [-0.25, -0.2) is 0 Å². The molecule has 5 nitrogen and oxygen atoms in total. The van der Waals surface area contributed by atoms with Gasteiger partial charge < -0.3 is 19.7 Å². The molecule has 0 saturated carbocycles. The number of rotatable bonds is 8. The fourth-order valence-corrected chi connectivity index (χ4v) is 4.77. The molecule has 1 unspecified atom stereocenters. The number of nitrogens with one attached hydrogen (secondary N) is 1. The van der Waals surface area contributed by atoms with Gasteiger partial charge in [0.1, 0.15) is 13.2 Å². The van der Waals surface area contributed by atoms with Crippen LogP contribution < -0.4 is 14.8 Å². The van der Waals surface area contributed by atoms with E-state index in [0.29, 0.717) is 25.4 Å². The first-order valence-corrected chi connectivity index (χ1v) is 12.4. The van der Waals surface area contributed by atoms with Crippen molar-refractivity contribution in [3.63, 3.8) is 0 Å². The third-order valence-electron chi connectivity index (χ3n) is 6.73. The Morgan fingerprint density at radius 1 is 1.00 bits per heavy atom. The Hall–Kier alpha value is -2.53. The molecular weight excluding hydrogens is 412 g/mol. The lowest BCUT2D eigenvalue weighted by molar-refractivity contribution is -0.116. The molecule has 4 rings (SSSR count). The molecule has 2 heterocycles. The maximum atomic E-state index is 13.0. The van der Waals surface area contributed by atoms with E-state index in [9.17, 15) is 4.79 Å². The molecule has 2 aromatic rings. The first kappa shape index (κ1) is 23.6. The summed E-state index contributed by atoms with van der Waals surface area (Å²) < 4.78 is 11.2. The molecule has 2 aliphatic heterocycles. The minimum atomic E-state index is 0.0396. The van der Waals surface area contributed by atoms with Crippen LogP contribution in [-0.2, 0) is 10.2 Å². The molecule has 1 fully saturated rings. The maximum absolute atomic E-state index is 13.0. The van der Waals surface area contributed by atoms with Crippen LogP contribution >= 0.6 is 0 Å². The minimum Gasteiger partial charge on any atom is -0.486 e. The fraction of sp³-hybridized carbons (Fsp3) is 0.536. The summed E-state index contributed by atoms with van der Waals surface area (Å²) in [4.78, 5) is 15.6. The molecule has 0 radical (unpaired) electrons. The number of nitrogens with zero attached hydrogens (tertiary/aromatic N) is 1. The van der Waals surface area contributed by atoms with E-state index in [4.69, 9.17) is 9.47 Å². The van der Waals surface area contributed by atoms with Crippen LogP contribution in [0.15, 0.2) is 42.5 Å². The molecule has 2 aromatic carbocycles. The van der Waals surface area contributed by atoms with Gasteiger partial charge in [0.05, 0.1) is 0 Å². The fourth-order valence-electron chi connectivity index (χ4n) is 4.77. The maximum Gasteiger partial charge on any atom is 0.224 e. The minimum absolute atomic E-state index is 0.0396. The normalized spacial score (nSPS) is 17.1. The van der Waals surface area contributed by atoms with Crippen LogP contribution in [0.4, 0.5) is 5.69 Å². The quantitative estimate of drug-likeness (QED) is 0.557. The smallest absolute Gasteiger partial charge is 0.224 e. The molecule has 0 bridgehead atoms. The second kappa shape index (κ2) is 10.6. The van der Waals surface area contributed by atoms with Gasteiger partial charge in [0.15, 0.2) is 11.5 Å². The third kappa shape index (κ3) is 6.50. The average molecular weight is 451 g/mol. The monoisotopic (exact) mass is 450 g/mol. The highest BCUT2D eigenvalue weighted by molar-refractivity contribution is 5.91. The van der Waals surface area contributed by atoms with Crippen molar-refractivity contribution < 1.29 is 14.3 Å². The van der Waals surface area contributed by atoms with E-state index in [2.05, 4.69) is 55.3 Å². The molecule has 0 aliphatic carbocycles. The van der Waals surface area contributed by atoms with Crippen LogP contribution in [0.25, 0.3) is 0 Å². The van der Waals surface area contributed by atoms with Crippen LogP contribution in [0.5, 0.6) is 11.5 Å². The van der Waals surface area contributed by atoms with Crippen LogP contribution in [-0.4, -0.2) is 43.7 Å². The molecular formula is C28H38N2O3. The highest BCUT2D eigenvalue weighted by atomic mass is 16.6. The molecule has 33 heavy (non-hydrogen) atoms. The summed E-state index contributed by atoms with van der Waals surface area (Å²) in [5, 5.41) is 3.07. The van der Waals surface area contributed by atoms with Crippen molar-refractivity contribution >= 4 is 11.6 Å². The van der Waals surface area contributed by atoms with Crippen molar-refractivity contribution in [2.24, 2.45) is 0 Å². The SMILES string of the molecule is CC(C)(C)c1ccc(C(CCCN2CCCC2)CC(=O)Nc2ccc3c(c2)OCCO3)cc1. The van der Waals surface area contributed by atoms with Crippen molar-refractivity contribution in [2.45, 2.75) is 64.2 Å². The number of hydrogen-bond acceptors (Lipinski definition) is 4. The molecule has 1 N–H and O–H groups in total. The Labute approximate surface area is 198 Å². The van der Waals surface area contributed by atoms with Gasteiger partial charge >= 0.3 is 0 Å². The van der Waals surface area contributed by atoms with E-state index in [-0.39, 0.29) is 17.2 Å². The van der Waals surface area contributed by atoms with E-state index in [0.717, 1.165) is 30.8 Å². The number of likely N-dealkylation sites (tertiary alicyclic amines) is 1. The molecule has 178 valence electrons. The zero-order chi connectivity index (χ0) is 23.3. The lowest BCUT2D eigenvalue weighted by Gasteiger charge is -2.23. The standard InChI is InChI=1S/C28H38N2O3/c1-28(2,3)23-10-8-21(9-11-23)22(7-6-16-30-14-4-5-15-30)19-27(31)29-24-12-13-25-26(20-24)33-18-17-32-25/h8-13,20,22H,4-7,14-19H2,1-3H3,(H,29,31). The Bertz CT molecular complexity index is 927. The molecule has 5 heteroatoms. The summed E-state index contributed by atoms with van der Waals surface area (Å²) in [7, 11) is 0. The topological polar surface area (TPSA) is 50.8 Å². The lowest BCUT2D eigenvalue weighted by atomic mass is 9.84. The lowest BCUT2D eigenvalue weighted by Crippen LogP contribution is -2.22. The van der Waals surface area contributed by atoms with Crippen molar-refractivity contribution in [1.29, 1.82) is 0 Å². The van der Waals surface area contributed by atoms with Crippen LogP contribution in [0.1, 0.15) is 69.9 Å². The van der Waals surface area contributed by atoms with Crippen LogP contribution in [0, 0.1) is 0 Å². The Morgan fingerprint density at radius 2 is 1.70 bits per heavy atom. The van der Waals surface area contributed by atoms with Crippen molar-refractivity contribution in [1.82, 2.24) is 4.90 Å². The summed E-state index contributed by atoms with van der Waals surface area (Å²) in [5.41, 5.74) is 3.45. The second-order valence-electron chi connectivity index (χ2n) is 10.4. The second-order valence-corrected chi connectivity index (χ2v) is 10.4. The van der Waals surface area contributed by atoms with Gasteiger partial charge in [0.2, 0.25) is 5.91 Å². The highest BCUT2D eigenvalue weighted by Crippen LogP contribution is 2.33. The van der Waals surface area contributed by atoms with Crippen LogP contribution in [0.3, 0.4) is 0 Å². The first-order chi connectivity index (χ1) is 15.9. The molecule has 1 amide bonds. The predicted octanol–water partition coefficient (Wildman–Crippen LogP) is 5.74. The number of amides is 1. The van der Waals surface area contributed by atoms with Crippen molar-refractivity contribution in [3.8, 4) is 11.5 Å². The summed E-state index contributed by atoms with van der Waals surface area (Å²) in [5.74, 6) is 1.67. The highest BCUT2D eigenvalue weighted by Gasteiger charge is 2.20. The zero-order valence-corrected chi connectivity index (χ0v) is 20.4. The Balaban J connectivity index is 1.42. The van der Waals surface area contributed by atoms with Crippen LogP contribution in [0.2, 0.25) is 0 Å². The number of anilines is 1. The number of carbonyl (C=O) groups is 1. The predicted molar refractivity (Wildman–Crippen MR) is 133 cm³/mol. The molecule has 1 atom stereocenters. The van der Waals surface area contributed by atoms with Gasteiger partial charge in [0.25, 0.3) is 0 Å². The number of benzene rings is 2. The van der Waals surface area contributed by atoms with E-state index in [1.165, 1.54) is 37.1 Å². The number of fused-ring (bicyclic) bond motifs is 1. The Morgan fingerprint density at radius 3 is 2.39 bits per heavy atom. The summed E-state index contributed by atoms with van der Waals surface area (Å²) in [6.07, 6.45) is 5.23. The number of hydrogen-bond donors (Lipinski definition) is 1. The van der Waals surface area contributed by atoms with Crippen molar-refractivity contribution in [3.05, 3.63) is 53.6 Å². The van der Waals surface area contributed by atoms with Gasteiger partial charge in [-0.1, -0.05) is 45.0 Å². The molecule has 1 saturated heterocycles. The van der Waals surface area contributed by atoms with Gasteiger partial charge in [-0.2, -0.15) is 0 Å². The largest absolute Gasteiger partial charge is 0.486 e. The summed E-state index contributed by atoms with van der Waals surface area (Å²) >= 11 is 0. The first-order valence-electron chi connectivity index (χ1n) is 12.4. The Kier molecular flexibility index (Phi) is 7.59. The summed E-state index contributed by atoms with van der Waals surface area (Å²) in [6.45, 7) is 11.4. The van der Waals surface area contributed by atoms with Gasteiger partial charge in [-0.3, -0.25) is 4.79 Å².